The Morgan fingerprint density at radius 3 is 2.72 bits per heavy atom. The number of nitrogens with zero attached hydrogens (tertiary/aromatic N) is 2. The summed E-state index contributed by atoms with van der Waals surface area (Å²) in [7, 11) is 1.66. The van der Waals surface area contributed by atoms with Gasteiger partial charge in [-0.2, -0.15) is 0 Å². The zero-order valence-corrected chi connectivity index (χ0v) is 18.8. The first-order chi connectivity index (χ1) is 15.6. The number of aromatic nitrogens is 2. The molecule has 1 aliphatic carbocycles. The number of nitrogens with one attached hydrogen (secondary N) is 1. The minimum Gasteiger partial charge on any atom is -0.482 e. The number of imidazole rings is 1. The van der Waals surface area contributed by atoms with Gasteiger partial charge in [0.2, 0.25) is 0 Å². The molecule has 6 nitrogen and oxygen atoms in total. The van der Waals surface area contributed by atoms with Crippen LogP contribution in [0, 0.1) is 0 Å². The molecular formula is C25H26N4O2S. The van der Waals surface area contributed by atoms with Crippen molar-refractivity contribution in [3.8, 4) is 28.3 Å². The molecule has 0 saturated heterocycles. The molecule has 7 heteroatoms. The number of hydrogen-bond acceptors (Lipinski definition) is 5. The SMILES string of the molecule is COc1cc(-c2ccccc2)cc2ncc(-c3csc(C(=O)NC4CCCC[C@H]4N)c3)n12. The molecule has 4 aromatic rings. The van der Waals surface area contributed by atoms with Crippen LogP contribution in [0.3, 0.4) is 0 Å². The van der Waals surface area contributed by atoms with Crippen LogP contribution in [-0.4, -0.2) is 34.5 Å². The fraction of sp³-hybridized carbons (Fsp3) is 0.280. The van der Waals surface area contributed by atoms with E-state index in [2.05, 4.69) is 22.4 Å². The van der Waals surface area contributed by atoms with Crippen molar-refractivity contribution in [1.82, 2.24) is 14.7 Å². The molecular weight excluding hydrogens is 420 g/mol. The van der Waals surface area contributed by atoms with Crippen LogP contribution in [0.1, 0.15) is 35.4 Å². The van der Waals surface area contributed by atoms with Crippen molar-refractivity contribution in [1.29, 1.82) is 0 Å². The number of carbonyl (C=O) groups is 1. The minimum atomic E-state index is -0.0595. The lowest BCUT2D eigenvalue weighted by molar-refractivity contribution is 0.0925. The lowest BCUT2D eigenvalue weighted by Gasteiger charge is -2.29. The fourth-order valence-corrected chi connectivity index (χ4v) is 5.20. The number of hydrogen-bond donors (Lipinski definition) is 2. The summed E-state index contributed by atoms with van der Waals surface area (Å²) in [6.45, 7) is 0. The lowest BCUT2D eigenvalue weighted by atomic mass is 9.91. The molecule has 0 bridgehead atoms. The standard InChI is InChI=1S/C25H26N4O2S/c1-31-24-13-17(16-7-3-2-4-8-16)12-23-27-14-21(29(23)24)18-11-22(32-15-18)25(30)28-20-10-6-5-9-19(20)26/h2-4,7-8,11-15,19-20H,5-6,9-10,26H2,1H3,(H,28,30)/t19-,20?/m1/s1. The van der Waals surface area contributed by atoms with Crippen LogP contribution in [0.5, 0.6) is 5.88 Å². The van der Waals surface area contributed by atoms with Gasteiger partial charge >= 0.3 is 0 Å². The summed E-state index contributed by atoms with van der Waals surface area (Å²) >= 11 is 1.43. The molecule has 3 heterocycles. The van der Waals surface area contributed by atoms with E-state index in [1.165, 1.54) is 11.3 Å². The predicted molar refractivity (Wildman–Crippen MR) is 128 cm³/mol. The van der Waals surface area contributed by atoms with Crippen molar-refractivity contribution in [2.75, 3.05) is 7.11 Å². The van der Waals surface area contributed by atoms with E-state index < -0.39 is 0 Å². The molecule has 0 radical (unpaired) electrons. The maximum Gasteiger partial charge on any atom is 0.261 e. The number of fused-ring (bicyclic) bond motifs is 1. The molecule has 32 heavy (non-hydrogen) atoms. The van der Waals surface area contributed by atoms with Crippen molar-refractivity contribution >= 4 is 22.9 Å². The van der Waals surface area contributed by atoms with E-state index in [9.17, 15) is 4.79 Å². The molecule has 1 saturated carbocycles. The number of thiophene rings is 1. The molecule has 3 N–H and O–H groups in total. The highest BCUT2D eigenvalue weighted by atomic mass is 32.1. The number of rotatable bonds is 5. The Morgan fingerprint density at radius 1 is 1.12 bits per heavy atom. The van der Waals surface area contributed by atoms with Gasteiger partial charge in [-0.05, 0) is 36.1 Å². The van der Waals surface area contributed by atoms with Gasteiger partial charge in [0.05, 0.1) is 23.9 Å². The van der Waals surface area contributed by atoms with Crippen molar-refractivity contribution in [2.24, 2.45) is 5.73 Å². The van der Waals surface area contributed by atoms with Crippen molar-refractivity contribution in [3.63, 3.8) is 0 Å². The van der Waals surface area contributed by atoms with Crippen LogP contribution in [0.25, 0.3) is 28.0 Å². The topological polar surface area (TPSA) is 81.6 Å². The van der Waals surface area contributed by atoms with Crippen LogP contribution < -0.4 is 15.8 Å². The molecule has 1 fully saturated rings. The van der Waals surface area contributed by atoms with Crippen LogP contribution in [-0.2, 0) is 0 Å². The average molecular weight is 447 g/mol. The Morgan fingerprint density at radius 2 is 1.94 bits per heavy atom. The highest BCUT2D eigenvalue weighted by Crippen LogP contribution is 2.33. The first kappa shape index (κ1) is 20.7. The molecule has 2 atom stereocenters. The number of carbonyl (C=O) groups excluding carboxylic acids is 1. The molecule has 5 rings (SSSR count). The van der Waals surface area contributed by atoms with Gasteiger partial charge in [0.1, 0.15) is 5.65 Å². The normalized spacial score (nSPS) is 18.6. The Labute approximate surface area is 191 Å². The second-order valence-electron chi connectivity index (χ2n) is 8.22. The quantitative estimate of drug-likeness (QED) is 0.464. The molecule has 3 aromatic heterocycles. The van der Waals surface area contributed by atoms with Gasteiger partial charge < -0.3 is 15.8 Å². The second kappa shape index (κ2) is 8.76. The van der Waals surface area contributed by atoms with Crippen LogP contribution in [0.2, 0.25) is 0 Å². The number of methoxy groups -OCH3 is 1. The van der Waals surface area contributed by atoms with Crippen molar-refractivity contribution < 1.29 is 9.53 Å². The second-order valence-corrected chi connectivity index (χ2v) is 9.13. The molecule has 1 amide bonds. The van der Waals surface area contributed by atoms with Gasteiger partial charge in [-0.15, -0.1) is 11.3 Å². The molecule has 0 aliphatic heterocycles. The Hall–Kier alpha value is -3.16. The highest BCUT2D eigenvalue weighted by Gasteiger charge is 2.24. The van der Waals surface area contributed by atoms with Gasteiger partial charge in [0.15, 0.2) is 5.88 Å². The third-order valence-electron chi connectivity index (χ3n) is 6.14. The van der Waals surface area contributed by atoms with E-state index in [1.807, 2.05) is 52.4 Å². The number of nitrogens with two attached hydrogens (primary N) is 1. The van der Waals surface area contributed by atoms with Crippen molar-refractivity contribution in [3.05, 3.63) is 65.0 Å². The third-order valence-corrected chi connectivity index (χ3v) is 7.07. The van der Waals surface area contributed by atoms with Gasteiger partial charge in [-0.1, -0.05) is 43.2 Å². The van der Waals surface area contributed by atoms with Gasteiger partial charge in [-0.3, -0.25) is 9.20 Å². The van der Waals surface area contributed by atoms with Gasteiger partial charge in [0.25, 0.3) is 5.91 Å². The predicted octanol–water partition coefficient (Wildman–Crippen LogP) is 4.74. The summed E-state index contributed by atoms with van der Waals surface area (Å²) in [6.07, 6.45) is 5.99. The molecule has 164 valence electrons. The number of benzene rings is 1. The average Bonchev–Trinajstić information content (AvgIpc) is 3.48. The zero-order chi connectivity index (χ0) is 22.1. The van der Waals surface area contributed by atoms with Crippen LogP contribution in [0.4, 0.5) is 0 Å². The van der Waals surface area contributed by atoms with Crippen LogP contribution in [0.15, 0.2) is 60.1 Å². The summed E-state index contributed by atoms with van der Waals surface area (Å²) in [5, 5.41) is 5.12. The minimum absolute atomic E-state index is 0.0361. The van der Waals surface area contributed by atoms with Gasteiger partial charge in [0, 0.05) is 29.1 Å². The third kappa shape index (κ3) is 3.89. The first-order valence-electron chi connectivity index (χ1n) is 10.9. The van der Waals surface area contributed by atoms with E-state index in [1.54, 1.807) is 7.11 Å². The summed E-state index contributed by atoms with van der Waals surface area (Å²) < 4.78 is 7.69. The van der Waals surface area contributed by atoms with Gasteiger partial charge in [-0.25, -0.2) is 4.98 Å². The molecule has 1 aliphatic rings. The smallest absolute Gasteiger partial charge is 0.261 e. The summed E-state index contributed by atoms with van der Waals surface area (Å²) in [5.41, 5.74) is 11.0. The summed E-state index contributed by atoms with van der Waals surface area (Å²) in [5.74, 6) is 0.634. The monoisotopic (exact) mass is 446 g/mol. The number of pyridine rings is 1. The Kier molecular flexibility index (Phi) is 5.68. The Balaban J connectivity index is 1.45. The van der Waals surface area contributed by atoms with E-state index in [0.29, 0.717) is 10.8 Å². The zero-order valence-electron chi connectivity index (χ0n) is 18.0. The largest absolute Gasteiger partial charge is 0.482 e. The lowest BCUT2D eigenvalue weighted by Crippen LogP contribution is -2.49. The van der Waals surface area contributed by atoms with E-state index in [4.69, 9.17) is 10.5 Å². The summed E-state index contributed by atoms with van der Waals surface area (Å²) in [4.78, 5) is 18.1. The van der Waals surface area contributed by atoms with E-state index in [-0.39, 0.29) is 18.0 Å². The molecule has 1 aromatic carbocycles. The maximum absolute atomic E-state index is 12.8. The van der Waals surface area contributed by atoms with Crippen LogP contribution >= 0.6 is 11.3 Å². The summed E-state index contributed by atoms with van der Waals surface area (Å²) in [6, 6.07) is 16.2. The number of ether oxygens (including phenoxy) is 1. The maximum atomic E-state index is 12.8. The highest BCUT2D eigenvalue weighted by molar-refractivity contribution is 7.12. The van der Waals surface area contributed by atoms with E-state index >= 15 is 0 Å². The first-order valence-corrected chi connectivity index (χ1v) is 11.8. The number of amides is 1. The van der Waals surface area contributed by atoms with E-state index in [0.717, 1.165) is 53.7 Å². The molecule has 0 spiro atoms. The van der Waals surface area contributed by atoms with Crippen molar-refractivity contribution in [2.45, 2.75) is 37.8 Å². The molecule has 1 unspecified atom stereocenters. The fourth-order valence-electron chi connectivity index (χ4n) is 4.40. The Bertz CT molecular complexity index is 1250.